The van der Waals surface area contributed by atoms with Crippen LogP contribution in [0.5, 0.6) is 5.75 Å². The van der Waals surface area contributed by atoms with Gasteiger partial charge in [-0.05, 0) is 26.0 Å². The normalized spacial score (nSPS) is 10.4. The second-order valence-electron chi connectivity index (χ2n) is 3.48. The number of rotatable bonds is 3. The topological polar surface area (TPSA) is 74.2 Å². The van der Waals surface area contributed by atoms with Crippen LogP contribution in [0.4, 0.5) is 5.82 Å². The molecule has 2 aromatic heterocycles. The monoisotopic (exact) mass is 219 g/mol. The Bertz CT molecular complexity index is 474. The molecule has 0 aliphatic carbocycles. The zero-order valence-electron chi connectivity index (χ0n) is 9.23. The predicted molar refractivity (Wildman–Crippen MR) is 59.0 cm³/mol. The van der Waals surface area contributed by atoms with Crippen LogP contribution in [0.1, 0.15) is 17.0 Å². The van der Waals surface area contributed by atoms with Gasteiger partial charge in [-0.3, -0.25) is 0 Å². The molecule has 0 radical (unpaired) electrons. The molecule has 2 aromatic rings. The Kier molecular flexibility index (Phi) is 2.76. The molecule has 0 saturated carbocycles. The Balaban J connectivity index is 2.11. The van der Waals surface area contributed by atoms with Crippen LogP contribution in [-0.4, -0.2) is 10.1 Å². The van der Waals surface area contributed by atoms with Gasteiger partial charge in [0.25, 0.3) is 0 Å². The summed E-state index contributed by atoms with van der Waals surface area (Å²) in [5, 5.41) is 3.85. The highest BCUT2D eigenvalue weighted by molar-refractivity contribution is 5.44. The molecule has 0 bridgehead atoms. The molecule has 0 fully saturated rings. The summed E-state index contributed by atoms with van der Waals surface area (Å²) in [5.41, 5.74) is 7.44. The highest BCUT2D eigenvalue weighted by Gasteiger charge is 2.10. The third kappa shape index (κ3) is 1.98. The number of aryl methyl sites for hydroxylation is 2. The molecule has 16 heavy (non-hydrogen) atoms. The van der Waals surface area contributed by atoms with Gasteiger partial charge in [0, 0.05) is 6.20 Å². The van der Waals surface area contributed by atoms with Crippen molar-refractivity contribution in [2.45, 2.75) is 20.5 Å². The van der Waals surface area contributed by atoms with Crippen molar-refractivity contribution in [1.82, 2.24) is 10.1 Å². The van der Waals surface area contributed by atoms with Crippen molar-refractivity contribution >= 4 is 5.82 Å². The van der Waals surface area contributed by atoms with E-state index in [4.69, 9.17) is 15.0 Å². The van der Waals surface area contributed by atoms with E-state index in [1.54, 1.807) is 18.3 Å². The van der Waals surface area contributed by atoms with Gasteiger partial charge in [-0.1, -0.05) is 5.16 Å². The van der Waals surface area contributed by atoms with E-state index in [1.165, 1.54) is 0 Å². The van der Waals surface area contributed by atoms with Gasteiger partial charge in [-0.15, -0.1) is 0 Å². The Hall–Kier alpha value is -2.04. The molecule has 2 rings (SSSR count). The first-order valence-electron chi connectivity index (χ1n) is 4.93. The molecule has 2 heterocycles. The summed E-state index contributed by atoms with van der Waals surface area (Å²) in [5.74, 6) is 1.72. The maximum atomic E-state index is 5.66. The minimum absolute atomic E-state index is 0.384. The molecule has 0 amide bonds. The van der Waals surface area contributed by atoms with E-state index in [0.29, 0.717) is 18.2 Å². The molecule has 0 aliphatic rings. The van der Waals surface area contributed by atoms with Crippen molar-refractivity contribution in [3.63, 3.8) is 0 Å². The fraction of sp³-hybridized carbons (Fsp3) is 0.273. The van der Waals surface area contributed by atoms with Crippen molar-refractivity contribution in [3.8, 4) is 5.75 Å². The molecule has 5 heteroatoms. The largest absolute Gasteiger partial charge is 0.485 e. The first-order valence-corrected chi connectivity index (χ1v) is 4.93. The van der Waals surface area contributed by atoms with Gasteiger partial charge in [0.1, 0.15) is 12.4 Å². The highest BCUT2D eigenvalue weighted by Crippen LogP contribution is 2.20. The fourth-order valence-corrected chi connectivity index (χ4v) is 1.38. The number of nitrogens with zero attached hydrogens (tertiary/aromatic N) is 2. The molecule has 0 aromatic carbocycles. The standard InChI is InChI=1S/C11H13N3O2/c1-7-9(8(2)16-14-7)6-15-10-4-3-5-13-11(10)12/h3-5H,6H2,1-2H3,(H2,12,13). The number of aromatic nitrogens is 2. The number of hydrogen-bond donors (Lipinski definition) is 1. The van der Waals surface area contributed by atoms with Gasteiger partial charge < -0.3 is 15.0 Å². The van der Waals surface area contributed by atoms with Gasteiger partial charge in [-0.2, -0.15) is 0 Å². The Morgan fingerprint density at radius 3 is 2.88 bits per heavy atom. The van der Waals surface area contributed by atoms with Gasteiger partial charge in [-0.25, -0.2) is 4.98 Å². The Labute approximate surface area is 93.2 Å². The minimum Gasteiger partial charge on any atom is -0.485 e. The summed E-state index contributed by atoms with van der Waals surface area (Å²) in [4.78, 5) is 3.94. The molecule has 84 valence electrons. The van der Waals surface area contributed by atoms with Crippen molar-refractivity contribution in [2.24, 2.45) is 0 Å². The lowest BCUT2D eigenvalue weighted by molar-refractivity contribution is 0.302. The lowest BCUT2D eigenvalue weighted by Gasteiger charge is -2.06. The minimum atomic E-state index is 0.384. The smallest absolute Gasteiger partial charge is 0.166 e. The Morgan fingerprint density at radius 1 is 1.44 bits per heavy atom. The van der Waals surface area contributed by atoms with Gasteiger partial charge in [0.05, 0.1) is 11.3 Å². The number of hydrogen-bond acceptors (Lipinski definition) is 5. The summed E-state index contributed by atoms with van der Waals surface area (Å²) < 4.78 is 10.6. The quantitative estimate of drug-likeness (QED) is 0.852. The molecule has 0 unspecified atom stereocenters. The van der Waals surface area contributed by atoms with Crippen LogP contribution in [0.25, 0.3) is 0 Å². The maximum absolute atomic E-state index is 5.66. The third-order valence-corrected chi connectivity index (χ3v) is 2.35. The van der Waals surface area contributed by atoms with E-state index in [9.17, 15) is 0 Å². The molecule has 2 N–H and O–H groups in total. The molecular weight excluding hydrogens is 206 g/mol. The van der Waals surface area contributed by atoms with Crippen LogP contribution >= 0.6 is 0 Å². The van der Waals surface area contributed by atoms with Crippen molar-refractivity contribution in [3.05, 3.63) is 35.3 Å². The summed E-state index contributed by atoms with van der Waals surface area (Å²) in [6, 6.07) is 3.56. The molecule has 5 nitrogen and oxygen atoms in total. The summed E-state index contributed by atoms with van der Waals surface area (Å²) >= 11 is 0. The lowest BCUT2D eigenvalue weighted by Crippen LogP contribution is -2.01. The molecule has 0 saturated heterocycles. The van der Waals surface area contributed by atoms with Crippen LogP contribution in [0, 0.1) is 13.8 Å². The summed E-state index contributed by atoms with van der Waals surface area (Å²) in [6.45, 7) is 4.12. The zero-order chi connectivity index (χ0) is 11.5. The summed E-state index contributed by atoms with van der Waals surface area (Å²) in [7, 11) is 0. The number of anilines is 1. The lowest BCUT2D eigenvalue weighted by atomic mass is 10.2. The number of nitrogen functional groups attached to an aromatic ring is 1. The maximum Gasteiger partial charge on any atom is 0.166 e. The van der Waals surface area contributed by atoms with Crippen LogP contribution in [-0.2, 0) is 6.61 Å². The van der Waals surface area contributed by atoms with E-state index in [1.807, 2.05) is 13.8 Å². The first-order chi connectivity index (χ1) is 7.68. The number of ether oxygens (including phenoxy) is 1. The van der Waals surface area contributed by atoms with Crippen LogP contribution in [0.15, 0.2) is 22.9 Å². The van der Waals surface area contributed by atoms with E-state index in [-0.39, 0.29) is 0 Å². The summed E-state index contributed by atoms with van der Waals surface area (Å²) in [6.07, 6.45) is 1.62. The van der Waals surface area contributed by atoms with Crippen LogP contribution in [0.2, 0.25) is 0 Å². The first kappa shape index (κ1) is 10.5. The van der Waals surface area contributed by atoms with E-state index >= 15 is 0 Å². The van der Waals surface area contributed by atoms with E-state index in [2.05, 4.69) is 10.1 Å². The molecule has 0 aliphatic heterocycles. The molecule has 0 spiro atoms. The second-order valence-corrected chi connectivity index (χ2v) is 3.48. The van der Waals surface area contributed by atoms with E-state index < -0.39 is 0 Å². The van der Waals surface area contributed by atoms with Gasteiger partial charge in [0.15, 0.2) is 11.6 Å². The van der Waals surface area contributed by atoms with Crippen molar-refractivity contribution in [1.29, 1.82) is 0 Å². The van der Waals surface area contributed by atoms with Gasteiger partial charge in [0.2, 0.25) is 0 Å². The number of pyridine rings is 1. The van der Waals surface area contributed by atoms with Crippen LogP contribution in [0.3, 0.4) is 0 Å². The average Bonchev–Trinajstić information content (AvgIpc) is 2.58. The highest BCUT2D eigenvalue weighted by atomic mass is 16.5. The number of nitrogens with two attached hydrogens (primary N) is 1. The van der Waals surface area contributed by atoms with Gasteiger partial charge >= 0.3 is 0 Å². The average molecular weight is 219 g/mol. The molecular formula is C11H13N3O2. The van der Waals surface area contributed by atoms with Crippen molar-refractivity contribution < 1.29 is 9.26 Å². The zero-order valence-corrected chi connectivity index (χ0v) is 9.23. The Morgan fingerprint density at radius 2 is 2.25 bits per heavy atom. The van der Waals surface area contributed by atoms with E-state index in [0.717, 1.165) is 17.0 Å². The fourth-order valence-electron chi connectivity index (χ4n) is 1.38. The van der Waals surface area contributed by atoms with Crippen LogP contribution < -0.4 is 10.5 Å². The third-order valence-electron chi connectivity index (χ3n) is 2.35. The molecule has 0 atom stereocenters. The van der Waals surface area contributed by atoms with Crippen molar-refractivity contribution in [2.75, 3.05) is 5.73 Å². The SMILES string of the molecule is Cc1noc(C)c1COc1cccnc1N. The predicted octanol–water partition coefficient (Wildman–Crippen LogP) is 1.85. The second kappa shape index (κ2) is 4.22.